The van der Waals surface area contributed by atoms with Crippen LogP contribution in [0.5, 0.6) is 0 Å². The number of benzene rings is 1. The van der Waals surface area contributed by atoms with Gasteiger partial charge in [0.15, 0.2) is 0 Å². The van der Waals surface area contributed by atoms with Gasteiger partial charge in [0.05, 0.1) is 10.5 Å². The van der Waals surface area contributed by atoms with Crippen molar-refractivity contribution in [1.82, 2.24) is 0 Å². The first-order valence-corrected chi connectivity index (χ1v) is 5.77. The molecule has 5 nitrogen and oxygen atoms in total. The van der Waals surface area contributed by atoms with Crippen LogP contribution in [0.4, 0.5) is 24.5 Å². The predicted molar refractivity (Wildman–Crippen MR) is 67.5 cm³/mol. The zero-order valence-corrected chi connectivity index (χ0v) is 11.0. The molecule has 0 radical (unpaired) electrons. The summed E-state index contributed by atoms with van der Waals surface area (Å²) in [6.45, 7) is 3.26. The summed E-state index contributed by atoms with van der Waals surface area (Å²) >= 11 is 0. The van der Waals surface area contributed by atoms with Gasteiger partial charge in [-0.05, 0) is 6.07 Å². The molecule has 1 aromatic rings. The van der Waals surface area contributed by atoms with Gasteiger partial charge >= 0.3 is 6.18 Å². The van der Waals surface area contributed by atoms with Crippen molar-refractivity contribution in [1.29, 1.82) is 0 Å². The fourth-order valence-corrected chi connectivity index (χ4v) is 1.42. The molecule has 1 rings (SSSR count). The summed E-state index contributed by atoms with van der Waals surface area (Å²) in [6.07, 6.45) is -4.70. The molecule has 0 aliphatic heterocycles. The summed E-state index contributed by atoms with van der Waals surface area (Å²) in [4.78, 5) is 9.66. The lowest BCUT2D eigenvalue weighted by molar-refractivity contribution is -0.385. The Kier molecular flexibility index (Phi) is 4.59. The number of non-ortho nitro benzene ring substituents is 1. The van der Waals surface area contributed by atoms with Gasteiger partial charge in [0.25, 0.3) is 5.69 Å². The van der Waals surface area contributed by atoms with E-state index in [-0.39, 0.29) is 18.8 Å². The first-order chi connectivity index (χ1) is 9.07. The number of nitro benzene ring substituents is 1. The maximum absolute atomic E-state index is 12.9. The molecule has 20 heavy (non-hydrogen) atoms. The molecule has 0 saturated heterocycles. The molecule has 0 saturated carbocycles. The lowest BCUT2D eigenvalue weighted by Gasteiger charge is -2.24. The Hall–Kier alpha value is -1.83. The highest BCUT2D eigenvalue weighted by Crippen LogP contribution is 2.37. The number of aliphatic hydroxyl groups is 1. The van der Waals surface area contributed by atoms with Gasteiger partial charge in [-0.1, -0.05) is 13.8 Å². The van der Waals surface area contributed by atoms with E-state index in [0.29, 0.717) is 6.07 Å². The predicted octanol–water partition coefficient (Wildman–Crippen LogP) is 3.04. The van der Waals surface area contributed by atoms with Crippen molar-refractivity contribution >= 4 is 11.4 Å². The maximum Gasteiger partial charge on any atom is 0.418 e. The lowest BCUT2D eigenvalue weighted by Crippen LogP contribution is -2.27. The van der Waals surface area contributed by atoms with Crippen molar-refractivity contribution in [2.24, 2.45) is 5.41 Å². The van der Waals surface area contributed by atoms with Crippen LogP contribution in [0.15, 0.2) is 18.2 Å². The standard InChI is InChI=1S/C12H15F3N2O3/c1-11(2,7-18)6-16-10-4-3-8(17(19)20)5-9(10)12(13,14)15/h3-5,16,18H,6-7H2,1-2H3. The third-order valence-electron chi connectivity index (χ3n) is 2.70. The molecular formula is C12H15F3N2O3. The monoisotopic (exact) mass is 292 g/mol. The van der Waals surface area contributed by atoms with Crippen LogP contribution < -0.4 is 5.32 Å². The number of nitrogens with zero attached hydrogens (tertiary/aromatic N) is 1. The molecule has 0 fully saturated rings. The van der Waals surface area contributed by atoms with Crippen LogP contribution >= 0.6 is 0 Å². The topological polar surface area (TPSA) is 75.4 Å². The van der Waals surface area contributed by atoms with E-state index < -0.39 is 27.8 Å². The van der Waals surface area contributed by atoms with Crippen LogP contribution in [0.2, 0.25) is 0 Å². The number of halogens is 3. The average molecular weight is 292 g/mol. The van der Waals surface area contributed by atoms with E-state index >= 15 is 0 Å². The quantitative estimate of drug-likeness (QED) is 0.646. The normalized spacial score (nSPS) is 12.3. The van der Waals surface area contributed by atoms with Crippen LogP contribution in [0.25, 0.3) is 0 Å². The number of aliphatic hydroxyl groups excluding tert-OH is 1. The zero-order chi connectivity index (χ0) is 15.6. The fourth-order valence-electron chi connectivity index (χ4n) is 1.42. The molecule has 0 atom stereocenters. The van der Waals surface area contributed by atoms with E-state index in [1.807, 2.05) is 0 Å². The van der Waals surface area contributed by atoms with Gasteiger partial charge < -0.3 is 10.4 Å². The van der Waals surface area contributed by atoms with Crippen LogP contribution in [-0.4, -0.2) is 23.2 Å². The van der Waals surface area contributed by atoms with Crippen LogP contribution in [0, 0.1) is 15.5 Å². The van der Waals surface area contributed by atoms with Gasteiger partial charge in [-0.3, -0.25) is 10.1 Å². The average Bonchev–Trinajstić information content (AvgIpc) is 2.35. The van der Waals surface area contributed by atoms with Gasteiger partial charge in [-0.2, -0.15) is 13.2 Å². The summed E-state index contributed by atoms with van der Waals surface area (Å²) in [6, 6.07) is 2.52. The highest BCUT2D eigenvalue weighted by atomic mass is 19.4. The summed E-state index contributed by atoms with van der Waals surface area (Å²) in [5, 5.41) is 22.2. The Balaban J connectivity index is 3.10. The molecule has 0 amide bonds. The lowest BCUT2D eigenvalue weighted by atomic mass is 9.94. The molecule has 0 heterocycles. The largest absolute Gasteiger partial charge is 0.418 e. The van der Waals surface area contributed by atoms with E-state index in [1.165, 1.54) is 0 Å². The molecule has 0 aliphatic carbocycles. The second-order valence-electron chi connectivity index (χ2n) is 5.16. The highest BCUT2D eigenvalue weighted by Gasteiger charge is 2.35. The van der Waals surface area contributed by atoms with Crippen molar-refractivity contribution < 1.29 is 23.2 Å². The smallest absolute Gasteiger partial charge is 0.396 e. The molecule has 1 aromatic carbocycles. The molecule has 8 heteroatoms. The first-order valence-electron chi connectivity index (χ1n) is 5.77. The summed E-state index contributed by atoms with van der Waals surface area (Å²) in [5.74, 6) is 0. The van der Waals surface area contributed by atoms with Gasteiger partial charge in [0.2, 0.25) is 0 Å². The SMILES string of the molecule is CC(C)(CO)CNc1ccc([N+](=O)[O-])cc1C(F)(F)F. The fraction of sp³-hybridized carbons (Fsp3) is 0.500. The summed E-state index contributed by atoms with van der Waals surface area (Å²) < 4.78 is 38.6. The second-order valence-corrected chi connectivity index (χ2v) is 5.16. The van der Waals surface area contributed by atoms with E-state index in [0.717, 1.165) is 12.1 Å². The number of hydrogen-bond acceptors (Lipinski definition) is 4. The van der Waals surface area contributed by atoms with E-state index in [4.69, 9.17) is 5.11 Å². The molecule has 112 valence electrons. The summed E-state index contributed by atoms with van der Waals surface area (Å²) in [7, 11) is 0. The van der Waals surface area contributed by atoms with Crippen LogP contribution in [0.3, 0.4) is 0 Å². The minimum atomic E-state index is -4.70. The van der Waals surface area contributed by atoms with Crippen molar-refractivity contribution in [2.75, 3.05) is 18.5 Å². The third kappa shape index (κ3) is 4.09. The molecule has 0 aliphatic rings. The highest BCUT2D eigenvalue weighted by molar-refractivity contribution is 5.57. The van der Waals surface area contributed by atoms with E-state index in [2.05, 4.69) is 5.32 Å². The molecule has 2 N–H and O–H groups in total. The number of nitrogens with one attached hydrogen (secondary N) is 1. The van der Waals surface area contributed by atoms with Gasteiger partial charge in [-0.15, -0.1) is 0 Å². The Bertz CT molecular complexity index is 501. The first kappa shape index (κ1) is 16.2. The van der Waals surface area contributed by atoms with Crippen LogP contribution in [0.1, 0.15) is 19.4 Å². The van der Waals surface area contributed by atoms with Gasteiger partial charge in [0, 0.05) is 36.4 Å². The van der Waals surface area contributed by atoms with Crippen molar-refractivity contribution in [2.45, 2.75) is 20.0 Å². The Morgan fingerprint density at radius 1 is 1.35 bits per heavy atom. The Morgan fingerprint density at radius 2 is 1.95 bits per heavy atom. The van der Waals surface area contributed by atoms with Crippen LogP contribution in [-0.2, 0) is 6.18 Å². The molecule has 0 unspecified atom stereocenters. The molecular weight excluding hydrogens is 277 g/mol. The minimum Gasteiger partial charge on any atom is -0.396 e. The maximum atomic E-state index is 12.9. The van der Waals surface area contributed by atoms with Crippen molar-refractivity contribution in [3.63, 3.8) is 0 Å². The molecule has 0 aromatic heterocycles. The molecule has 0 bridgehead atoms. The number of rotatable bonds is 5. The van der Waals surface area contributed by atoms with E-state index in [9.17, 15) is 23.3 Å². The number of hydrogen-bond donors (Lipinski definition) is 2. The van der Waals surface area contributed by atoms with Gasteiger partial charge in [0.1, 0.15) is 0 Å². The Labute approximate surface area is 113 Å². The number of nitro groups is 1. The Morgan fingerprint density at radius 3 is 2.40 bits per heavy atom. The summed E-state index contributed by atoms with van der Waals surface area (Å²) in [5.41, 5.74) is -2.57. The van der Waals surface area contributed by atoms with Crippen molar-refractivity contribution in [3.8, 4) is 0 Å². The number of anilines is 1. The minimum absolute atomic E-state index is 0.102. The second kappa shape index (κ2) is 5.66. The molecule has 0 spiro atoms. The third-order valence-corrected chi connectivity index (χ3v) is 2.70. The van der Waals surface area contributed by atoms with Crippen molar-refractivity contribution in [3.05, 3.63) is 33.9 Å². The van der Waals surface area contributed by atoms with Gasteiger partial charge in [-0.25, -0.2) is 0 Å². The van der Waals surface area contributed by atoms with E-state index in [1.54, 1.807) is 13.8 Å². The number of alkyl halides is 3. The zero-order valence-electron chi connectivity index (χ0n) is 11.0.